The van der Waals surface area contributed by atoms with Gasteiger partial charge in [0.15, 0.2) is 11.5 Å². The Labute approximate surface area is 164 Å². The molecule has 1 atom stereocenters. The number of rotatable bonds is 7. The lowest BCUT2D eigenvalue weighted by Gasteiger charge is -2.26. The van der Waals surface area contributed by atoms with Crippen molar-refractivity contribution >= 4 is 11.7 Å². The Bertz CT molecular complexity index is 806. The highest BCUT2D eigenvalue weighted by molar-refractivity contribution is 6.00. The van der Waals surface area contributed by atoms with Gasteiger partial charge in [-0.25, -0.2) is 0 Å². The minimum absolute atomic E-state index is 0.0201. The predicted molar refractivity (Wildman–Crippen MR) is 104 cm³/mol. The number of benzene rings is 1. The number of aliphatic hydroxyl groups is 2. The summed E-state index contributed by atoms with van der Waals surface area (Å²) in [7, 11) is 0. The molecule has 3 N–H and O–H groups in total. The van der Waals surface area contributed by atoms with Crippen LogP contribution in [-0.2, 0) is 0 Å². The van der Waals surface area contributed by atoms with Gasteiger partial charge in [0.1, 0.15) is 5.76 Å². The van der Waals surface area contributed by atoms with Crippen LogP contribution >= 0.6 is 0 Å². The van der Waals surface area contributed by atoms with E-state index in [1.54, 1.807) is 6.92 Å². The van der Waals surface area contributed by atoms with Gasteiger partial charge in [-0.1, -0.05) is 37.3 Å². The maximum absolute atomic E-state index is 13.0. The van der Waals surface area contributed by atoms with Crippen molar-refractivity contribution in [3.05, 3.63) is 59.0 Å². The van der Waals surface area contributed by atoms with Gasteiger partial charge in [-0.15, -0.1) is 0 Å². The van der Waals surface area contributed by atoms with Crippen molar-refractivity contribution < 1.29 is 24.2 Å². The van der Waals surface area contributed by atoms with Gasteiger partial charge in [-0.3, -0.25) is 9.59 Å². The average molecular weight is 385 g/mol. The normalized spacial score (nSPS) is 20.5. The van der Waals surface area contributed by atoms with Crippen LogP contribution < -0.4 is 5.32 Å². The summed E-state index contributed by atoms with van der Waals surface area (Å²) in [4.78, 5) is 25.1. The molecular weight excluding hydrogens is 358 g/mol. The van der Waals surface area contributed by atoms with E-state index in [9.17, 15) is 19.8 Å². The fourth-order valence-electron chi connectivity index (χ4n) is 3.66. The molecule has 0 spiro atoms. The zero-order chi connectivity index (χ0) is 20.1. The lowest BCUT2D eigenvalue weighted by Crippen LogP contribution is -2.38. The van der Waals surface area contributed by atoms with Crippen LogP contribution in [0.2, 0.25) is 0 Å². The third-order valence-electron chi connectivity index (χ3n) is 5.33. The van der Waals surface area contributed by atoms with E-state index in [2.05, 4.69) is 5.32 Å². The molecule has 0 saturated heterocycles. The summed E-state index contributed by atoms with van der Waals surface area (Å²) in [5.74, 6) is -0.598. The van der Waals surface area contributed by atoms with Crippen LogP contribution in [0.15, 0.2) is 40.8 Å². The molecule has 2 aromatic rings. The Morgan fingerprint density at radius 1 is 1.18 bits per heavy atom. The van der Waals surface area contributed by atoms with Gasteiger partial charge in [-0.2, -0.15) is 0 Å². The molecule has 0 radical (unpaired) electrons. The molecule has 1 aromatic carbocycles. The number of aliphatic hydroxyl groups excluding tert-OH is 2. The largest absolute Gasteiger partial charge is 0.456 e. The first-order valence-electron chi connectivity index (χ1n) is 9.85. The van der Waals surface area contributed by atoms with Crippen molar-refractivity contribution in [3.63, 3.8) is 0 Å². The summed E-state index contributed by atoms with van der Waals surface area (Å²) in [5, 5.41) is 22.6. The first-order chi connectivity index (χ1) is 13.5. The number of hydrogen-bond acceptors (Lipinski definition) is 5. The molecule has 0 bridgehead atoms. The first-order valence-corrected chi connectivity index (χ1v) is 9.85. The Kier molecular flexibility index (Phi) is 6.65. The second-order valence-electron chi connectivity index (χ2n) is 7.29. The zero-order valence-corrected chi connectivity index (χ0v) is 16.1. The highest BCUT2D eigenvalue weighted by Crippen LogP contribution is 2.31. The van der Waals surface area contributed by atoms with Crippen LogP contribution in [0, 0.1) is 0 Å². The lowest BCUT2D eigenvalue weighted by molar-refractivity contribution is 0.0864. The van der Waals surface area contributed by atoms with E-state index in [1.807, 2.05) is 30.3 Å². The highest BCUT2D eigenvalue weighted by Gasteiger charge is 2.29. The van der Waals surface area contributed by atoms with Crippen LogP contribution in [0.3, 0.4) is 0 Å². The van der Waals surface area contributed by atoms with Gasteiger partial charge < -0.3 is 19.9 Å². The summed E-state index contributed by atoms with van der Waals surface area (Å²) in [6.07, 6.45) is 2.71. The molecule has 1 unspecified atom stereocenters. The highest BCUT2D eigenvalue weighted by atomic mass is 16.4. The van der Waals surface area contributed by atoms with Crippen LogP contribution in [0.25, 0.3) is 0 Å². The SMILES string of the molecule is CCC(=O)c1cc(C(=O)NC2CCC(O)CC2)c(C(CO)c2ccccc2)o1. The van der Waals surface area contributed by atoms with E-state index in [0.717, 1.165) is 5.56 Å². The predicted octanol–water partition coefficient (Wildman–Crippen LogP) is 3.03. The zero-order valence-electron chi connectivity index (χ0n) is 16.1. The van der Waals surface area contributed by atoms with Crippen LogP contribution in [0.5, 0.6) is 0 Å². The van der Waals surface area contributed by atoms with Crippen molar-refractivity contribution in [2.45, 2.75) is 57.1 Å². The molecular formula is C22H27NO5. The van der Waals surface area contributed by atoms with Crippen molar-refractivity contribution in [3.8, 4) is 0 Å². The summed E-state index contributed by atoms with van der Waals surface area (Å²) in [6, 6.07) is 10.8. The molecule has 28 heavy (non-hydrogen) atoms. The van der Waals surface area contributed by atoms with Gasteiger partial charge in [0.25, 0.3) is 5.91 Å². The number of amides is 1. The summed E-state index contributed by atoms with van der Waals surface area (Å²) < 4.78 is 5.79. The number of nitrogens with one attached hydrogen (secondary N) is 1. The molecule has 1 aliphatic rings. The second kappa shape index (κ2) is 9.17. The molecule has 0 aliphatic heterocycles. The summed E-state index contributed by atoms with van der Waals surface area (Å²) >= 11 is 0. The summed E-state index contributed by atoms with van der Waals surface area (Å²) in [5.41, 5.74) is 1.09. The molecule has 3 rings (SSSR count). The van der Waals surface area contributed by atoms with Gasteiger partial charge in [-0.05, 0) is 31.2 Å². The van der Waals surface area contributed by atoms with Crippen molar-refractivity contribution in [1.82, 2.24) is 5.32 Å². The van der Waals surface area contributed by atoms with Crippen molar-refractivity contribution in [2.24, 2.45) is 0 Å². The molecule has 6 heteroatoms. The van der Waals surface area contributed by atoms with Gasteiger partial charge in [0.2, 0.25) is 0 Å². The van der Waals surface area contributed by atoms with E-state index in [4.69, 9.17) is 4.42 Å². The van der Waals surface area contributed by atoms with Gasteiger partial charge >= 0.3 is 0 Å². The Balaban J connectivity index is 1.91. The van der Waals surface area contributed by atoms with E-state index in [-0.39, 0.29) is 48.2 Å². The number of carbonyl (C=O) groups is 2. The molecule has 1 aliphatic carbocycles. The molecule has 6 nitrogen and oxygen atoms in total. The average Bonchev–Trinajstić information content (AvgIpc) is 3.16. The van der Waals surface area contributed by atoms with Crippen molar-refractivity contribution in [2.75, 3.05) is 6.61 Å². The molecule has 1 heterocycles. The van der Waals surface area contributed by atoms with E-state index in [1.165, 1.54) is 6.07 Å². The van der Waals surface area contributed by atoms with Gasteiger partial charge in [0.05, 0.1) is 24.2 Å². The number of carbonyl (C=O) groups excluding carboxylic acids is 2. The van der Waals surface area contributed by atoms with E-state index in [0.29, 0.717) is 31.4 Å². The van der Waals surface area contributed by atoms with E-state index >= 15 is 0 Å². The standard InChI is InChI=1S/C22H27NO5/c1-2-19(26)20-12-17(22(27)23-15-8-10-16(25)11-9-15)21(28-20)18(13-24)14-6-4-3-5-7-14/h3-7,12,15-16,18,24-25H,2,8-11,13H2,1H3,(H,23,27). The van der Waals surface area contributed by atoms with E-state index < -0.39 is 5.92 Å². The maximum atomic E-state index is 13.0. The third kappa shape index (κ3) is 4.51. The monoisotopic (exact) mass is 385 g/mol. The first kappa shape index (κ1) is 20.3. The molecule has 1 saturated carbocycles. The summed E-state index contributed by atoms with van der Waals surface area (Å²) in [6.45, 7) is 1.49. The number of Topliss-reactive ketones (excluding diaryl/α,β-unsaturated/α-hetero) is 1. The van der Waals surface area contributed by atoms with Crippen molar-refractivity contribution in [1.29, 1.82) is 0 Å². The van der Waals surface area contributed by atoms with Crippen LogP contribution in [0.1, 0.15) is 77.2 Å². The Morgan fingerprint density at radius 3 is 2.46 bits per heavy atom. The minimum atomic E-state index is -0.534. The quantitative estimate of drug-likeness (QED) is 0.636. The van der Waals surface area contributed by atoms with Crippen LogP contribution in [-0.4, -0.2) is 40.7 Å². The maximum Gasteiger partial charge on any atom is 0.255 e. The number of furan rings is 1. The number of ketones is 1. The lowest BCUT2D eigenvalue weighted by atomic mass is 9.92. The number of hydrogen-bond donors (Lipinski definition) is 3. The Morgan fingerprint density at radius 2 is 1.86 bits per heavy atom. The molecule has 1 amide bonds. The topological polar surface area (TPSA) is 99.8 Å². The third-order valence-corrected chi connectivity index (χ3v) is 5.33. The Hall–Kier alpha value is -2.44. The second-order valence-corrected chi connectivity index (χ2v) is 7.29. The fraction of sp³-hybridized carbons (Fsp3) is 0.455. The fourth-order valence-corrected chi connectivity index (χ4v) is 3.66. The van der Waals surface area contributed by atoms with Crippen LogP contribution in [0.4, 0.5) is 0 Å². The van der Waals surface area contributed by atoms with Gasteiger partial charge in [0, 0.05) is 18.5 Å². The molecule has 1 fully saturated rings. The minimum Gasteiger partial charge on any atom is -0.456 e. The smallest absolute Gasteiger partial charge is 0.255 e. The molecule has 150 valence electrons. The molecule has 1 aromatic heterocycles.